The topological polar surface area (TPSA) is 30.5 Å². The molecule has 3 nitrogen and oxygen atoms in total. The first-order valence-electron chi connectivity index (χ1n) is 7.48. The van der Waals surface area contributed by atoms with Crippen molar-refractivity contribution in [3.8, 4) is 11.5 Å². The minimum atomic E-state index is 0.517. The van der Waals surface area contributed by atoms with Gasteiger partial charge < -0.3 is 14.8 Å². The van der Waals surface area contributed by atoms with Gasteiger partial charge in [0.15, 0.2) is 11.5 Å². The Kier molecular flexibility index (Phi) is 6.74. The largest absolute Gasteiger partial charge is 0.493 e. The van der Waals surface area contributed by atoms with E-state index >= 15 is 0 Å². The summed E-state index contributed by atoms with van der Waals surface area (Å²) in [5, 5.41) is 3.39. The molecule has 0 spiro atoms. The van der Waals surface area contributed by atoms with Crippen LogP contribution in [0.4, 0.5) is 0 Å². The van der Waals surface area contributed by atoms with Crippen molar-refractivity contribution in [2.75, 3.05) is 13.7 Å². The summed E-state index contributed by atoms with van der Waals surface area (Å²) in [7, 11) is 1.67. The molecule has 2 rings (SSSR count). The van der Waals surface area contributed by atoms with E-state index in [1.54, 1.807) is 7.11 Å². The number of rotatable bonds is 8. The van der Waals surface area contributed by atoms with Crippen molar-refractivity contribution in [3.05, 3.63) is 58.1 Å². The van der Waals surface area contributed by atoms with E-state index in [1.807, 2.05) is 36.4 Å². The van der Waals surface area contributed by atoms with Crippen LogP contribution in [0.2, 0.25) is 0 Å². The van der Waals surface area contributed by atoms with Crippen LogP contribution in [0, 0.1) is 0 Å². The number of methoxy groups -OCH3 is 1. The van der Waals surface area contributed by atoms with Crippen molar-refractivity contribution in [2.24, 2.45) is 0 Å². The van der Waals surface area contributed by atoms with Gasteiger partial charge in [-0.2, -0.15) is 0 Å². The average Bonchev–Trinajstić information content (AvgIpc) is 2.54. The first kappa shape index (κ1) is 16.8. The van der Waals surface area contributed by atoms with Crippen molar-refractivity contribution >= 4 is 15.9 Å². The maximum atomic E-state index is 5.93. The summed E-state index contributed by atoms with van der Waals surface area (Å²) < 4.78 is 12.3. The Morgan fingerprint density at radius 2 is 1.86 bits per heavy atom. The number of benzene rings is 2. The second-order valence-electron chi connectivity index (χ2n) is 5.06. The van der Waals surface area contributed by atoms with Gasteiger partial charge in [0.1, 0.15) is 6.61 Å². The predicted octanol–water partition coefficient (Wildman–Crippen LogP) is 4.54. The molecule has 0 saturated heterocycles. The van der Waals surface area contributed by atoms with E-state index in [0.717, 1.165) is 41.0 Å². The Morgan fingerprint density at radius 1 is 1.09 bits per heavy atom. The summed E-state index contributed by atoms with van der Waals surface area (Å²) in [6.07, 6.45) is 1.12. The molecule has 0 aliphatic carbocycles. The molecule has 4 heteroatoms. The maximum absolute atomic E-state index is 5.93. The molecular weight excluding hydrogens is 342 g/mol. The predicted molar refractivity (Wildman–Crippen MR) is 93.5 cm³/mol. The van der Waals surface area contributed by atoms with E-state index in [2.05, 4.69) is 34.2 Å². The third-order valence-corrected chi connectivity index (χ3v) is 3.86. The van der Waals surface area contributed by atoms with Gasteiger partial charge in [0.25, 0.3) is 0 Å². The first-order chi connectivity index (χ1) is 10.7. The molecule has 0 heterocycles. The fourth-order valence-electron chi connectivity index (χ4n) is 2.15. The van der Waals surface area contributed by atoms with E-state index in [-0.39, 0.29) is 0 Å². The maximum Gasteiger partial charge on any atom is 0.175 e. The van der Waals surface area contributed by atoms with Crippen molar-refractivity contribution in [2.45, 2.75) is 26.5 Å². The molecule has 0 saturated carbocycles. The Labute approximate surface area is 140 Å². The van der Waals surface area contributed by atoms with Crippen LogP contribution in [-0.2, 0) is 13.2 Å². The number of ether oxygens (including phenoxy) is 2. The fraction of sp³-hybridized carbons (Fsp3) is 0.333. The van der Waals surface area contributed by atoms with Gasteiger partial charge in [-0.15, -0.1) is 0 Å². The lowest BCUT2D eigenvalue weighted by Crippen LogP contribution is -2.14. The number of hydrogen-bond acceptors (Lipinski definition) is 3. The molecule has 1 N–H and O–H groups in total. The van der Waals surface area contributed by atoms with E-state index in [0.29, 0.717) is 6.61 Å². The zero-order valence-corrected chi connectivity index (χ0v) is 14.7. The highest BCUT2D eigenvalue weighted by Crippen LogP contribution is 2.37. The highest BCUT2D eigenvalue weighted by atomic mass is 79.9. The van der Waals surface area contributed by atoms with E-state index in [9.17, 15) is 0 Å². The Hall–Kier alpha value is -1.52. The number of halogens is 1. The summed E-state index contributed by atoms with van der Waals surface area (Å²) in [5.74, 6) is 1.49. The lowest BCUT2D eigenvalue weighted by atomic mass is 10.2. The van der Waals surface area contributed by atoms with E-state index < -0.39 is 0 Å². The smallest absolute Gasteiger partial charge is 0.175 e. The van der Waals surface area contributed by atoms with Gasteiger partial charge in [-0.25, -0.2) is 0 Å². The Morgan fingerprint density at radius 3 is 2.55 bits per heavy atom. The molecule has 0 aliphatic rings. The van der Waals surface area contributed by atoms with Crippen molar-refractivity contribution < 1.29 is 9.47 Å². The molecule has 2 aromatic carbocycles. The van der Waals surface area contributed by atoms with Gasteiger partial charge in [-0.05, 0) is 52.2 Å². The molecule has 0 bridgehead atoms. The Balaban J connectivity index is 2.09. The summed E-state index contributed by atoms with van der Waals surface area (Å²) in [6.45, 7) is 4.50. The monoisotopic (exact) mass is 363 g/mol. The number of hydrogen-bond donors (Lipinski definition) is 1. The van der Waals surface area contributed by atoms with Crippen LogP contribution in [0.3, 0.4) is 0 Å². The summed E-state index contributed by atoms with van der Waals surface area (Å²) in [5.41, 5.74) is 2.30. The summed E-state index contributed by atoms with van der Waals surface area (Å²) in [4.78, 5) is 0. The standard InChI is InChI=1S/C18H22BrNO2/c1-3-9-20-12-15-10-16(19)18(17(11-15)21-2)22-13-14-7-5-4-6-8-14/h4-8,10-11,20H,3,9,12-13H2,1-2H3. The van der Waals surface area contributed by atoms with E-state index in [4.69, 9.17) is 9.47 Å². The number of nitrogens with one attached hydrogen (secondary N) is 1. The molecule has 22 heavy (non-hydrogen) atoms. The molecule has 0 atom stereocenters. The van der Waals surface area contributed by atoms with Gasteiger partial charge in [-0.3, -0.25) is 0 Å². The second kappa shape index (κ2) is 8.81. The van der Waals surface area contributed by atoms with Gasteiger partial charge in [0.05, 0.1) is 11.6 Å². The van der Waals surface area contributed by atoms with Crippen molar-refractivity contribution in [1.29, 1.82) is 0 Å². The van der Waals surface area contributed by atoms with Crippen LogP contribution < -0.4 is 14.8 Å². The molecular formula is C18H22BrNO2. The lowest BCUT2D eigenvalue weighted by Gasteiger charge is -2.15. The van der Waals surface area contributed by atoms with Gasteiger partial charge >= 0.3 is 0 Å². The summed E-state index contributed by atoms with van der Waals surface area (Å²) in [6, 6.07) is 14.2. The highest BCUT2D eigenvalue weighted by molar-refractivity contribution is 9.10. The van der Waals surface area contributed by atoms with Crippen LogP contribution in [-0.4, -0.2) is 13.7 Å². The second-order valence-corrected chi connectivity index (χ2v) is 5.91. The lowest BCUT2D eigenvalue weighted by molar-refractivity contribution is 0.282. The van der Waals surface area contributed by atoms with Gasteiger partial charge in [0.2, 0.25) is 0 Å². The van der Waals surface area contributed by atoms with Crippen LogP contribution in [0.25, 0.3) is 0 Å². The quantitative estimate of drug-likeness (QED) is 0.698. The van der Waals surface area contributed by atoms with Crippen molar-refractivity contribution in [1.82, 2.24) is 5.32 Å². The zero-order valence-electron chi connectivity index (χ0n) is 13.1. The highest BCUT2D eigenvalue weighted by Gasteiger charge is 2.12. The van der Waals surface area contributed by atoms with Crippen LogP contribution in [0.1, 0.15) is 24.5 Å². The van der Waals surface area contributed by atoms with Crippen molar-refractivity contribution in [3.63, 3.8) is 0 Å². The fourth-order valence-corrected chi connectivity index (χ4v) is 2.76. The average molecular weight is 364 g/mol. The van der Waals surface area contributed by atoms with Crippen LogP contribution >= 0.6 is 15.9 Å². The zero-order chi connectivity index (χ0) is 15.8. The molecule has 0 unspecified atom stereocenters. The molecule has 0 aliphatic heterocycles. The minimum Gasteiger partial charge on any atom is -0.493 e. The summed E-state index contributed by atoms with van der Waals surface area (Å²) >= 11 is 3.59. The molecule has 0 fully saturated rings. The molecule has 118 valence electrons. The van der Waals surface area contributed by atoms with E-state index in [1.165, 1.54) is 5.56 Å². The molecule has 2 aromatic rings. The first-order valence-corrected chi connectivity index (χ1v) is 8.27. The van der Waals surface area contributed by atoms with Crippen LogP contribution in [0.15, 0.2) is 46.9 Å². The third kappa shape index (κ3) is 4.75. The van der Waals surface area contributed by atoms with Crippen LogP contribution in [0.5, 0.6) is 11.5 Å². The van der Waals surface area contributed by atoms with Gasteiger partial charge in [0, 0.05) is 6.54 Å². The molecule has 0 radical (unpaired) electrons. The van der Waals surface area contributed by atoms with Gasteiger partial charge in [-0.1, -0.05) is 37.3 Å². The molecule has 0 aromatic heterocycles. The Bertz CT molecular complexity index is 587. The SMILES string of the molecule is CCCNCc1cc(Br)c(OCc2ccccc2)c(OC)c1. The molecule has 0 amide bonds. The normalized spacial score (nSPS) is 10.5. The minimum absolute atomic E-state index is 0.517. The third-order valence-electron chi connectivity index (χ3n) is 3.27.